The summed E-state index contributed by atoms with van der Waals surface area (Å²) < 4.78 is 0. The van der Waals surface area contributed by atoms with Crippen molar-refractivity contribution in [1.29, 1.82) is 0 Å². The van der Waals surface area contributed by atoms with Crippen molar-refractivity contribution in [3.05, 3.63) is 0 Å². The second kappa shape index (κ2) is 4.94. The standard InChI is InChI=1S/C10H21N3/c1-2-7-13(8-3-1)12-9-10-5-4-6-11-10/h10-12H,1-9H2. The Labute approximate surface area is 80.8 Å². The van der Waals surface area contributed by atoms with Crippen LogP contribution in [0.25, 0.3) is 0 Å². The van der Waals surface area contributed by atoms with Gasteiger partial charge in [-0.15, -0.1) is 0 Å². The van der Waals surface area contributed by atoms with Crippen molar-refractivity contribution in [3.8, 4) is 0 Å². The topological polar surface area (TPSA) is 27.3 Å². The predicted octanol–water partition coefficient (Wildman–Crippen LogP) is 0.729. The summed E-state index contributed by atoms with van der Waals surface area (Å²) in [5.74, 6) is 0. The van der Waals surface area contributed by atoms with Crippen molar-refractivity contribution in [2.75, 3.05) is 26.2 Å². The quantitative estimate of drug-likeness (QED) is 0.675. The summed E-state index contributed by atoms with van der Waals surface area (Å²) in [6.45, 7) is 4.83. The van der Waals surface area contributed by atoms with E-state index in [0.717, 1.165) is 12.6 Å². The van der Waals surface area contributed by atoms with Gasteiger partial charge >= 0.3 is 0 Å². The first kappa shape index (κ1) is 9.44. The average molecular weight is 183 g/mol. The van der Waals surface area contributed by atoms with Gasteiger partial charge in [0.1, 0.15) is 0 Å². The van der Waals surface area contributed by atoms with Gasteiger partial charge in [0.05, 0.1) is 0 Å². The van der Waals surface area contributed by atoms with Gasteiger partial charge in [0.25, 0.3) is 0 Å². The van der Waals surface area contributed by atoms with E-state index in [9.17, 15) is 0 Å². The Morgan fingerprint density at radius 3 is 2.69 bits per heavy atom. The summed E-state index contributed by atoms with van der Waals surface area (Å²) in [4.78, 5) is 0. The zero-order valence-corrected chi connectivity index (χ0v) is 8.39. The molecule has 2 aliphatic heterocycles. The van der Waals surface area contributed by atoms with Crippen LogP contribution in [0, 0.1) is 0 Å². The lowest BCUT2D eigenvalue weighted by Crippen LogP contribution is -2.46. The molecule has 3 nitrogen and oxygen atoms in total. The third kappa shape index (κ3) is 2.93. The fourth-order valence-electron chi connectivity index (χ4n) is 2.22. The van der Waals surface area contributed by atoms with Crippen LogP contribution in [0.15, 0.2) is 0 Å². The maximum absolute atomic E-state index is 3.53. The number of piperidine rings is 1. The summed E-state index contributed by atoms with van der Waals surface area (Å²) in [6, 6.07) is 0.724. The van der Waals surface area contributed by atoms with Gasteiger partial charge in [-0.1, -0.05) is 6.42 Å². The van der Waals surface area contributed by atoms with Crippen LogP contribution in [0.1, 0.15) is 32.1 Å². The van der Waals surface area contributed by atoms with Crippen LogP contribution >= 0.6 is 0 Å². The van der Waals surface area contributed by atoms with E-state index in [1.54, 1.807) is 0 Å². The van der Waals surface area contributed by atoms with E-state index in [1.807, 2.05) is 0 Å². The molecule has 0 amide bonds. The summed E-state index contributed by atoms with van der Waals surface area (Å²) in [5.41, 5.74) is 3.53. The highest BCUT2D eigenvalue weighted by molar-refractivity contribution is 4.76. The van der Waals surface area contributed by atoms with Gasteiger partial charge in [-0.25, -0.2) is 5.01 Å². The predicted molar refractivity (Wildman–Crippen MR) is 54.5 cm³/mol. The molecule has 0 radical (unpaired) electrons. The molecule has 3 heteroatoms. The highest BCUT2D eigenvalue weighted by atomic mass is 15.5. The molecule has 0 aliphatic carbocycles. The molecule has 1 atom stereocenters. The summed E-state index contributed by atoms with van der Waals surface area (Å²) in [6.07, 6.45) is 6.85. The van der Waals surface area contributed by atoms with E-state index in [1.165, 1.54) is 51.7 Å². The minimum absolute atomic E-state index is 0.724. The molecule has 0 bridgehead atoms. The zero-order chi connectivity index (χ0) is 8.93. The average Bonchev–Trinajstić information content (AvgIpc) is 2.69. The van der Waals surface area contributed by atoms with Crippen molar-refractivity contribution in [3.63, 3.8) is 0 Å². The number of hydrazine groups is 1. The largest absolute Gasteiger partial charge is 0.313 e. The molecule has 13 heavy (non-hydrogen) atoms. The fourth-order valence-corrected chi connectivity index (χ4v) is 2.22. The number of hydrogen-bond donors (Lipinski definition) is 2. The number of nitrogens with one attached hydrogen (secondary N) is 2. The van der Waals surface area contributed by atoms with E-state index < -0.39 is 0 Å². The van der Waals surface area contributed by atoms with Crippen molar-refractivity contribution in [1.82, 2.24) is 15.8 Å². The molecule has 2 aliphatic rings. The zero-order valence-electron chi connectivity index (χ0n) is 8.39. The Morgan fingerprint density at radius 2 is 2.00 bits per heavy atom. The molecule has 2 heterocycles. The van der Waals surface area contributed by atoms with Crippen LogP contribution in [0.3, 0.4) is 0 Å². The molecular formula is C10H21N3. The lowest BCUT2D eigenvalue weighted by molar-refractivity contribution is 0.149. The van der Waals surface area contributed by atoms with E-state index in [2.05, 4.69) is 15.8 Å². The van der Waals surface area contributed by atoms with Crippen molar-refractivity contribution in [2.45, 2.75) is 38.1 Å². The minimum atomic E-state index is 0.724. The maximum atomic E-state index is 3.53. The SMILES string of the molecule is C1CCN(NCC2CCCN2)CC1. The smallest absolute Gasteiger partial charge is 0.0256 e. The number of rotatable bonds is 3. The third-order valence-electron chi connectivity index (χ3n) is 3.08. The molecule has 2 saturated heterocycles. The van der Waals surface area contributed by atoms with E-state index in [4.69, 9.17) is 0 Å². The van der Waals surface area contributed by atoms with Crippen LogP contribution in [0.2, 0.25) is 0 Å². The van der Waals surface area contributed by atoms with Crippen LogP contribution in [0.5, 0.6) is 0 Å². The van der Waals surface area contributed by atoms with E-state index in [0.29, 0.717) is 0 Å². The second-order valence-corrected chi connectivity index (χ2v) is 4.20. The van der Waals surface area contributed by atoms with Crippen molar-refractivity contribution in [2.24, 2.45) is 0 Å². The molecule has 2 N–H and O–H groups in total. The maximum Gasteiger partial charge on any atom is 0.0256 e. The summed E-state index contributed by atoms with van der Waals surface area (Å²) >= 11 is 0. The lowest BCUT2D eigenvalue weighted by Gasteiger charge is -2.28. The van der Waals surface area contributed by atoms with Crippen LogP contribution in [0.4, 0.5) is 0 Å². The summed E-state index contributed by atoms with van der Waals surface area (Å²) in [5, 5.41) is 5.90. The molecule has 76 valence electrons. The van der Waals surface area contributed by atoms with Gasteiger partial charge in [0, 0.05) is 25.7 Å². The monoisotopic (exact) mass is 183 g/mol. The molecule has 0 saturated carbocycles. The van der Waals surface area contributed by atoms with Crippen LogP contribution in [-0.4, -0.2) is 37.2 Å². The van der Waals surface area contributed by atoms with E-state index >= 15 is 0 Å². The molecular weight excluding hydrogens is 162 g/mol. The van der Waals surface area contributed by atoms with Gasteiger partial charge in [-0.3, -0.25) is 5.43 Å². The minimum Gasteiger partial charge on any atom is -0.313 e. The first-order chi connectivity index (χ1) is 6.45. The molecule has 1 unspecified atom stereocenters. The Bertz CT molecular complexity index is 137. The molecule has 0 spiro atoms. The van der Waals surface area contributed by atoms with Crippen LogP contribution in [-0.2, 0) is 0 Å². The van der Waals surface area contributed by atoms with Gasteiger partial charge in [0.15, 0.2) is 0 Å². The van der Waals surface area contributed by atoms with Gasteiger partial charge in [0.2, 0.25) is 0 Å². The Morgan fingerprint density at radius 1 is 1.15 bits per heavy atom. The number of hydrogen-bond acceptors (Lipinski definition) is 3. The lowest BCUT2D eigenvalue weighted by atomic mass is 10.2. The third-order valence-corrected chi connectivity index (χ3v) is 3.08. The number of nitrogens with zero attached hydrogens (tertiary/aromatic N) is 1. The second-order valence-electron chi connectivity index (χ2n) is 4.20. The molecule has 0 aromatic heterocycles. The first-order valence-electron chi connectivity index (χ1n) is 5.67. The molecule has 0 aromatic rings. The highest BCUT2D eigenvalue weighted by Crippen LogP contribution is 2.07. The Kier molecular flexibility index (Phi) is 3.58. The Hall–Kier alpha value is -0.120. The van der Waals surface area contributed by atoms with Gasteiger partial charge in [-0.2, -0.15) is 0 Å². The molecule has 2 rings (SSSR count). The normalized spacial score (nSPS) is 30.9. The highest BCUT2D eigenvalue weighted by Gasteiger charge is 2.15. The van der Waals surface area contributed by atoms with Crippen molar-refractivity contribution < 1.29 is 0 Å². The van der Waals surface area contributed by atoms with Crippen LogP contribution < -0.4 is 10.7 Å². The summed E-state index contributed by atoms with van der Waals surface area (Å²) in [7, 11) is 0. The molecule has 2 fully saturated rings. The van der Waals surface area contributed by atoms with Gasteiger partial charge in [-0.05, 0) is 32.2 Å². The fraction of sp³-hybridized carbons (Fsp3) is 1.00. The first-order valence-corrected chi connectivity index (χ1v) is 5.67. The van der Waals surface area contributed by atoms with Gasteiger partial charge < -0.3 is 5.32 Å². The Balaban J connectivity index is 1.60. The molecule has 0 aromatic carbocycles. The van der Waals surface area contributed by atoms with Crippen molar-refractivity contribution >= 4 is 0 Å². The van der Waals surface area contributed by atoms with E-state index in [-0.39, 0.29) is 0 Å².